The summed E-state index contributed by atoms with van der Waals surface area (Å²) < 4.78 is 4.68. The average Bonchev–Trinajstić information content (AvgIpc) is 3.87. The summed E-state index contributed by atoms with van der Waals surface area (Å²) in [6, 6.07) is 29.2. The molecule has 5 aromatic rings. The lowest BCUT2D eigenvalue weighted by Crippen LogP contribution is -2.71. The molecule has 3 N–H and O–H groups in total. The van der Waals surface area contributed by atoms with Crippen LogP contribution in [0.4, 0.5) is 5.13 Å². The first kappa shape index (κ1) is 34.4. The Balaban J connectivity index is 1.13. The number of oxime groups is 1. The van der Waals surface area contributed by atoms with Gasteiger partial charge in [-0.2, -0.15) is 0 Å². The van der Waals surface area contributed by atoms with Crippen molar-refractivity contribution in [2.45, 2.75) is 21.2 Å². The number of nitrogens with zero attached hydrogens (tertiary/aromatic N) is 5. The number of nitrogens with one attached hydrogen (secondary N) is 2. The minimum Gasteiger partial charge on any atom is -0.477 e. The highest BCUT2D eigenvalue weighted by Crippen LogP contribution is 2.43. The topological polar surface area (TPSA) is 159 Å². The molecule has 16 heteroatoms. The van der Waals surface area contributed by atoms with Gasteiger partial charge in [0.15, 0.2) is 10.8 Å². The van der Waals surface area contributed by atoms with Gasteiger partial charge in [-0.1, -0.05) is 101 Å². The van der Waals surface area contributed by atoms with Crippen LogP contribution in [0.15, 0.2) is 123 Å². The van der Waals surface area contributed by atoms with Crippen molar-refractivity contribution in [3.63, 3.8) is 0 Å². The summed E-state index contributed by atoms with van der Waals surface area (Å²) in [6.45, 7) is 0. The minimum absolute atomic E-state index is 0.0565. The van der Waals surface area contributed by atoms with Crippen molar-refractivity contribution < 1.29 is 24.3 Å². The van der Waals surface area contributed by atoms with Crippen molar-refractivity contribution in [3.8, 4) is 0 Å². The monoisotopic (exact) mass is 755 g/mol. The van der Waals surface area contributed by atoms with Crippen LogP contribution in [-0.2, 0) is 24.8 Å². The van der Waals surface area contributed by atoms with Crippen LogP contribution in [0.1, 0.15) is 22.4 Å². The third-order valence-corrected chi connectivity index (χ3v) is 12.3. The number of carboxylic acids is 1. The molecule has 12 nitrogen and oxygen atoms in total. The van der Waals surface area contributed by atoms with Crippen LogP contribution >= 0.6 is 46.4 Å². The maximum atomic E-state index is 13.7. The number of thiazole rings is 1. The Hall–Kier alpha value is -5.03. The first-order chi connectivity index (χ1) is 24.9. The number of benzene rings is 3. The fourth-order valence-electron chi connectivity index (χ4n) is 6.06. The molecule has 258 valence electrons. The van der Waals surface area contributed by atoms with Crippen LogP contribution in [0.25, 0.3) is 0 Å². The molecule has 2 atom stereocenters. The number of aromatic nitrogens is 3. The molecular formula is C35H29N7O5S4. The number of thioether (sulfide) groups is 2. The number of carbonyl (C=O) groups is 3. The largest absolute Gasteiger partial charge is 0.477 e. The van der Waals surface area contributed by atoms with Crippen LogP contribution < -0.4 is 10.6 Å². The van der Waals surface area contributed by atoms with Crippen LogP contribution in [0.5, 0.6) is 0 Å². The van der Waals surface area contributed by atoms with Gasteiger partial charge in [0, 0.05) is 16.9 Å². The van der Waals surface area contributed by atoms with Gasteiger partial charge in [-0.15, -0.1) is 40.0 Å². The molecule has 0 aliphatic carbocycles. The summed E-state index contributed by atoms with van der Waals surface area (Å²) in [5, 5.41) is 25.9. The molecule has 0 saturated carbocycles. The molecule has 2 amide bonds. The number of rotatable bonds is 13. The van der Waals surface area contributed by atoms with Gasteiger partial charge in [0.25, 0.3) is 11.8 Å². The summed E-state index contributed by atoms with van der Waals surface area (Å²) in [7, 11) is 1.32. The van der Waals surface area contributed by atoms with E-state index < -0.39 is 34.7 Å². The summed E-state index contributed by atoms with van der Waals surface area (Å²) in [5.74, 6) is -1.63. The Bertz CT molecular complexity index is 2000. The Morgan fingerprint density at radius 2 is 1.65 bits per heavy atom. The predicted molar refractivity (Wildman–Crippen MR) is 199 cm³/mol. The average molecular weight is 756 g/mol. The maximum Gasteiger partial charge on any atom is 0.352 e. The summed E-state index contributed by atoms with van der Waals surface area (Å²) in [6.07, 6.45) is 1.61. The standard InChI is InChI=1S/C35H29N7O5S4/c1-47-40-27(30(43)38-28-31(44)42-29(33(45)46)21(19-49-32(28)42)18-48-26-17-36-41-51-26)25-20-50-34(37-25)39-35(22-11-5-2-6-12-22,23-13-7-3-8-14-23)24-15-9-4-10-16-24/h2-17,20,28,32H,18-19H2,1H3,(H,37,39)(H,38,43)(H,45,46)/b40-27-/t28?,32-/m1/s1. The van der Waals surface area contributed by atoms with Crippen LogP contribution in [0, 0.1) is 0 Å². The Morgan fingerprint density at radius 3 is 2.20 bits per heavy atom. The second-order valence-corrected chi connectivity index (χ2v) is 15.3. The van der Waals surface area contributed by atoms with Crippen molar-refractivity contribution >= 4 is 75.0 Å². The van der Waals surface area contributed by atoms with Gasteiger partial charge in [-0.25, -0.2) is 9.78 Å². The molecule has 0 bridgehead atoms. The molecule has 4 heterocycles. The second-order valence-electron chi connectivity index (χ2n) is 11.3. The summed E-state index contributed by atoms with van der Waals surface area (Å²) in [4.78, 5) is 50.5. The Kier molecular flexibility index (Phi) is 10.2. The van der Waals surface area contributed by atoms with Crippen molar-refractivity contribution in [1.82, 2.24) is 24.8 Å². The zero-order chi connectivity index (χ0) is 35.4. The first-order valence-electron chi connectivity index (χ1n) is 15.5. The molecule has 2 aliphatic rings. The van der Waals surface area contributed by atoms with E-state index in [2.05, 4.69) is 61.8 Å². The highest BCUT2D eigenvalue weighted by atomic mass is 32.2. The van der Waals surface area contributed by atoms with Crippen molar-refractivity contribution in [3.05, 3.63) is 136 Å². The molecule has 1 saturated heterocycles. The lowest BCUT2D eigenvalue weighted by molar-refractivity contribution is -0.150. The zero-order valence-electron chi connectivity index (χ0n) is 26.8. The molecule has 2 aliphatic heterocycles. The molecule has 7 rings (SSSR count). The van der Waals surface area contributed by atoms with Gasteiger partial charge in [0.1, 0.15) is 39.7 Å². The summed E-state index contributed by atoms with van der Waals surface area (Å²) in [5.41, 5.74) is 2.79. The van der Waals surface area contributed by atoms with E-state index in [0.29, 0.717) is 22.2 Å². The molecular weight excluding hydrogens is 727 g/mol. The van der Waals surface area contributed by atoms with Gasteiger partial charge < -0.3 is 20.6 Å². The molecule has 3 aromatic carbocycles. The number of β-lactam (4-membered cyclic amide) rings is 1. The van der Waals surface area contributed by atoms with Crippen LogP contribution in [0.3, 0.4) is 0 Å². The highest BCUT2D eigenvalue weighted by Gasteiger charge is 2.54. The Morgan fingerprint density at radius 1 is 1.02 bits per heavy atom. The van der Waals surface area contributed by atoms with Crippen molar-refractivity contribution in [1.29, 1.82) is 0 Å². The number of fused-ring (bicyclic) bond motifs is 1. The molecule has 0 radical (unpaired) electrons. The number of amides is 2. The fourth-order valence-corrected chi connectivity index (χ4v) is 9.72. The molecule has 2 aromatic heterocycles. The first-order valence-corrected chi connectivity index (χ1v) is 19.2. The van der Waals surface area contributed by atoms with E-state index in [-0.39, 0.29) is 17.1 Å². The smallest absolute Gasteiger partial charge is 0.352 e. The highest BCUT2D eigenvalue weighted by molar-refractivity contribution is 8.01. The van der Waals surface area contributed by atoms with Crippen LogP contribution in [-0.4, -0.2) is 78.1 Å². The van der Waals surface area contributed by atoms with Crippen LogP contribution in [0.2, 0.25) is 0 Å². The third kappa shape index (κ3) is 6.74. The van der Waals surface area contributed by atoms with Gasteiger partial charge in [0.2, 0.25) is 0 Å². The van der Waals surface area contributed by atoms with Gasteiger partial charge in [0.05, 0.1) is 6.20 Å². The number of carboxylic acid groups (broad SMARTS) is 1. The number of hydrogen-bond acceptors (Lipinski definition) is 13. The second kappa shape index (κ2) is 15.1. The molecule has 51 heavy (non-hydrogen) atoms. The quantitative estimate of drug-likeness (QED) is 0.0472. The van der Waals surface area contributed by atoms with Crippen molar-refractivity contribution in [2.75, 3.05) is 23.9 Å². The summed E-state index contributed by atoms with van der Waals surface area (Å²) >= 11 is 5.32. The number of anilines is 1. The number of aliphatic carboxylic acids is 1. The zero-order valence-corrected chi connectivity index (χ0v) is 30.1. The van der Waals surface area contributed by atoms with Gasteiger partial charge >= 0.3 is 5.97 Å². The maximum absolute atomic E-state index is 13.7. The SMILES string of the molecule is CO/N=C(\C(=O)NC1C(=O)N2C(C(=O)O)=C(CSc3cnns3)CS[C@H]12)c1csc(NC(c2ccccc2)(c2ccccc2)c2ccccc2)n1. The van der Waals surface area contributed by atoms with E-state index in [9.17, 15) is 19.5 Å². The molecule has 0 spiro atoms. The lowest BCUT2D eigenvalue weighted by atomic mass is 9.77. The normalized spacial score (nSPS) is 17.4. The van der Waals surface area contributed by atoms with Gasteiger partial charge in [-0.05, 0) is 33.8 Å². The van der Waals surface area contributed by atoms with E-state index in [0.717, 1.165) is 20.9 Å². The minimum atomic E-state index is -1.20. The van der Waals surface area contributed by atoms with E-state index >= 15 is 0 Å². The van der Waals surface area contributed by atoms with E-state index in [1.807, 2.05) is 54.6 Å². The molecule has 1 unspecified atom stereocenters. The number of hydrogen-bond donors (Lipinski definition) is 3. The number of carbonyl (C=O) groups excluding carboxylic acids is 2. The Labute approximate surface area is 309 Å². The van der Waals surface area contributed by atoms with Crippen molar-refractivity contribution in [2.24, 2.45) is 5.16 Å². The van der Waals surface area contributed by atoms with Gasteiger partial charge in [-0.3, -0.25) is 14.5 Å². The fraction of sp³-hybridized carbons (Fsp3) is 0.171. The molecule has 1 fully saturated rings. The van der Waals surface area contributed by atoms with E-state index in [4.69, 9.17) is 9.82 Å². The predicted octanol–water partition coefficient (Wildman–Crippen LogP) is 5.28. The van der Waals surface area contributed by atoms with E-state index in [1.165, 1.54) is 58.4 Å². The third-order valence-electron chi connectivity index (χ3n) is 8.33. The lowest BCUT2D eigenvalue weighted by Gasteiger charge is -2.49. The van der Waals surface area contributed by atoms with E-state index in [1.54, 1.807) is 11.6 Å².